The van der Waals surface area contributed by atoms with E-state index in [-0.39, 0.29) is 45.7 Å². The summed E-state index contributed by atoms with van der Waals surface area (Å²) in [6.45, 7) is 0. The maximum Gasteiger partial charge on any atom is 5.00 e. The molecular formula is ClO2Ta. The molecule has 24 valence electrons. The normalized spacial score (nSPS) is 0. The Hall–Kier alpha value is 0.950. The fraction of sp³-hybridized carbons (Fsp3) is 0. The third-order valence-corrected chi connectivity index (χ3v) is 0. The van der Waals surface area contributed by atoms with Gasteiger partial charge >= 0.3 is 22.4 Å². The van der Waals surface area contributed by atoms with Crippen LogP contribution >= 0.6 is 0 Å². The van der Waals surface area contributed by atoms with Gasteiger partial charge in [-0.3, -0.25) is 0 Å². The molecule has 0 aromatic carbocycles. The third kappa shape index (κ3) is 12.4. The van der Waals surface area contributed by atoms with Crippen molar-refractivity contribution < 1.29 is 45.7 Å². The molecule has 0 aromatic heterocycles. The van der Waals surface area contributed by atoms with E-state index in [4.69, 9.17) is 0 Å². The first-order valence-electron chi connectivity index (χ1n) is 0. The summed E-state index contributed by atoms with van der Waals surface area (Å²) in [5.74, 6) is 0. The Morgan fingerprint density at radius 2 is 0.750 bits per heavy atom. The molecular weight excluding hydrogens is 248 g/mol. The second-order valence-corrected chi connectivity index (χ2v) is 0. The van der Waals surface area contributed by atoms with Crippen LogP contribution in [0.1, 0.15) is 0 Å². The van der Waals surface area contributed by atoms with E-state index in [0.29, 0.717) is 0 Å². The van der Waals surface area contributed by atoms with Gasteiger partial charge in [-0.15, -0.1) is 0 Å². The van der Waals surface area contributed by atoms with Gasteiger partial charge in [-0.25, -0.2) is 0 Å². The van der Waals surface area contributed by atoms with Crippen molar-refractivity contribution in [3.8, 4) is 0 Å². The van der Waals surface area contributed by atoms with Crippen molar-refractivity contribution in [1.29, 1.82) is 0 Å². The van der Waals surface area contributed by atoms with Crippen LogP contribution in [-0.2, 0) is 33.3 Å². The quantitative estimate of drug-likeness (QED) is 0.433. The minimum atomic E-state index is 0. The van der Waals surface area contributed by atoms with Gasteiger partial charge in [0, 0.05) is 0 Å². The zero-order chi connectivity index (χ0) is 0. The van der Waals surface area contributed by atoms with Crippen LogP contribution in [-0.4, -0.2) is 0 Å². The van der Waals surface area contributed by atoms with Crippen molar-refractivity contribution in [1.82, 2.24) is 0 Å². The van der Waals surface area contributed by atoms with E-state index in [2.05, 4.69) is 0 Å². The zero-order valence-corrected chi connectivity index (χ0v) is 5.61. The van der Waals surface area contributed by atoms with Crippen LogP contribution in [0.15, 0.2) is 0 Å². The molecule has 2 nitrogen and oxygen atoms in total. The summed E-state index contributed by atoms with van der Waals surface area (Å²) in [5, 5.41) is 0. The first kappa shape index (κ1) is 85.5. The Labute approximate surface area is 46.1 Å². The van der Waals surface area contributed by atoms with Crippen molar-refractivity contribution in [3.63, 3.8) is 0 Å². The van der Waals surface area contributed by atoms with Crippen molar-refractivity contribution in [3.05, 3.63) is 0 Å². The molecule has 0 unspecified atom stereocenters. The standard InChI is InChI=1S/ClH.2O.Ta/h1H;;;/q;2*-2;+5/p-1. The first-order valence-corrected chi connectivity index (χ1v) is 0. The first-order chi connectivity index (χ1) is 0. The van der Waals surface area contributed by atoms with Crippen LogP contribution in [0.2, 0.25) is 0 Å². The Bertz CT molecular complexity index is 6.00. The molecule has 0 aliphatic carbocycles. The second kappa shape index (κ2) is 38.1. The molecule has 0 rings (SSSR count). The number of halogens is 1. The largest absolute Gasteiger partial charge is 5.00 e. The maximum atomic E-state index is 0. The minimum absolute atomic E-state index is 0. The van der Waals surface area contributed by atoms with Gasteiger partial charge in [-0.2, -0.15) is 0 Å². The molecule has 0 saturated carbocycles. The molecule has 0 fully saturated rings. The molecule has 0 heterocycles. The summed E-state index contributed by atoms with van der Waals surface area (Å²) < 4.78 is 0. The van der Waals surface area contributed by atoms with Crippen molar-refractivity contribution in [2.24, 2.45) is 0 Å². The van der Waals surface area contributed by atoms with Crippen molar-refractivity contribution >= 4 is 0 Å². The van der Waals surface area contributed by atoms with E-state index in [1.165, 1.54) is 0 Å². The summed E-state index contributed by atoms with van der Waals surface area (Å²) in [6.07, 6.45) is 0. The summed E-state index contributed by atoms with van der Waals surface area (Å²) in [5.41, 5.74) is 0. The molecule has 4 heteroatoms. The van der Waals surface area contributed by atoms with Gasteiger partial charge in [0.05, 0.1) is 0 Å². The van der Waals surface area contributed by atoms with Crippen LogP contribution in [0, 0.1) is 0 Å². The predicted octanol–water partition coefficient (Wildman–Crippen LogP) is -3.24. The van der Waals surface area contributed by atoms with E-state index < -0.39 is 0 Å². The summed E-state index contributed by atoms with van der Waals surface area (Å²) in [7, 11) is 0. The van der Waals surface area contributed by atoms with Crippen LogP contribution in [0.4, 0.5) is 0 Å². The maximum absolute atomic E-state index is 0. The van der Waals surface area contributed by atoms with Crippen molar-refractivity contribution in [2.45, 2.75) is 0 Å². The Balaban J connectivity index is 0. The molecule has 0 radical (unpaired) electrons. The number of hydrogen-bond donors (Lipinski definition) is 0. The second-order valence-electron chi connectivity index (χ2n) is 0. The van der Waals surface area contributed by atoms with E-state index in [1.54, 1.807) is 0 Å². The van der Waals surface area contributed by atoms with E-state index >= 15 is 0 Å². The van der Waals surface area contributed by atoms with Gasteiger partial charge in [-0.05, 0) is 0 Å². The number of hydrogen-bond acceptors (Lipinski definition) is 0. The van der Waals surface area contributed by atoms with Gasteiger partial charge in [0.1, 0.15) is 0 Å². The van der Waals surface area contributed by atoms with Gasteiger partial charge in [0.15, 0.2) is 0 Å². The molecule has 0 N–H and O–H groups in total. The Kier molecular flexibility index (Phi) is 814. The summed E-state index contributed by atoms with van der Waals surface area (Å²) in [6, 6.07) is 0. The molecule has 0 aliphatic heterocycles. The Morgan fingerprint density at radius 1 is 0.750 bits per heavy atom. The fourth-order valence-corrected chi connectivity index (χ4v) is 0. The molecule has 0 spiro atoms. The van der Waals surface area contributed by atoms with Crippen LogP contribution in [0.5, 0.6) is 0 Å². The van der Waals surface area contributed by atoms with E-state index in [0.717, 1.165) is 0 Å². The molecule has 0 amide bonds. The van der Waals surface area contributed by atoms with E-state index in [9.17, 15) is 0 Å². The molecule has 0 aromatic rings. The van der Waals surface area contributed by atoms with Gasteiger partial charge in [0.25, 0.3) is 0 Å². The fourth-order valence-electron chi connectivity index (χ4n) is 0. The van der Waals surface area contributed by atoms with Crippen LogP contribution in [0.25, 0.3) is 0 Å². The predicted molar refractivity (Wildman–Crippen MR) is 1.37 cm³/mol. The minimum Gasteiger partial charge on any atom is -2.00 e. The average Bonchev–Trinajstić information content (AvgIpc) is 0. The van der Waals surface area contributed by atoms with Crippen LogP contribution in [0.3, 0.4) is 0 Å². The van der Waals surface area contributed by atoms with Crippen LogP contribution < -0.4 is 12.4 Å². The van der Waals surface area contributed by atoms with E-state index in [1.807, 2.05) is 0 Å². The number of rotatable bonds is 0. The zero-order valence-electron chi connectivity index (χ0n) is 1.64. The molecule has 0 aliphatic rings. The Morgan fingerprint density at radius 3 is 0.750 bits per heavy atom. The summed E-state index contributed by atoms with van der Waals surface area (Å²) in [4.78, 5) is 0. The summed E-state index contributed by atoms with van der Waals surface area (Å²) >= 11 is 0. The molecule has 4 heavy (non-hydrogen) atoms. The molecule has 0 saturated heterocycles. The smallest absolute Gasteiger partial charge is 2.00 e. The third-order valence-electron chi connectivity index (χ3n) is 0. The van der Waals surface area contributed by atoms with Gasteiger partial charge in [0.2, 0.25) is 0 Å². The SMILES string of the molecule is [Cl-].[O-2].[O-2].[Ta+5]. The topological polar surface area (TPSA) is 57.0 Å². The molecule has 0 bridgehead atoms. The van der Waals surface area contributed by atoms with Crippen molar-refractivity contribution in [2.75, 3.05) is 0 Å². The van der Waals surface area contributed by atoms with Gasteiger partial charge < -0.3 is 23.4 Å². The average molecular weight is 248 g/mol. The van der Waals surface area contributed by atoms with Gasteiger partial charge in [-0.1, -0.05) is 0 Å². The molecule has 0 atom stereocenters. The monoisotopic (exact) mass is 248 g/mol.